The summed E-state index contributed by atoms with van der Waals surface area (Å²) in [6.45, 7) is 1.72. The molecule has 1 saturated carbocycles. The Hall–Kier alpha value is -3.11. The fourth-order valence-corrected chi connectivity index (χ4v) is 5.36. The van der Waals surface area contributed by atoms with E-state index >= 15 is 4.39 Å². The first kappa shape index (κ1) is 21.4. The molecule has 0 spiro atoms. The number of H-pyrrole nitrogens is 1. The molecule has 0 bridgehead atoms. The maximum Gasteiger partial charge on any atom is 0.228 e. The SMILES string of the molecule is OCC1CCN(c2nc(-c3cc(F)c4c(c3)ncn4C3CCC(O)CC3)c3[nH]cnc3n2)CC1. The van der Waals surface area contributed by atoms with Crippen LogP contribution < -0.4 is 4.90 Å². The highest BCUT2D eigenvalue weighted by molar-refractivity contribution is 5.91. The minimum absolute atomic E-state index is 0.139. The predicted octanol–water partition coefficient (Wildman–Crippen LogP) is 3.19. The molecule has 0 unspecified atom stereocenters. The Balaban J connectivity index is 1.39. The maximum atomic E-state index is 15.5. The quantitative estimate of drug-likeness (QED) is 0.424. The van der Waals surface area contributed by atoms with Crippen molar-refractivity contribution in [2.75, 3.05) is 24.6 Å². The van der Waals surface area contributed by atoms with Crippen LogP contribution in [0.15, 0.2) is 24.8 Å². The third-order valence-electron chi connectivity index (χ3n) is 7.39. The number of halogens is 1. The molecule has 1 saturated heterocycles. The molecular formula is C24H28FN7O2. The molecular weight excluding hydrogens is 437 g/mol. The van der Waals surface area contributed by atoms with E-state index < -0.39 is 0 Å². The van der Waals surface area contributed by atoms with Crippen molar-refractivity contribution in [2.45, 2.75) is 50.7 Å². The number of aromatic nitrogens is 6. The highest BCUT2D eigenvalue weighted by Gasteiger charge is 2.25. The summed E-state index contributed by atoms with van der Waals surface area (Å²) in [6, 6.07) is 3.53. The molecule has 1 aliphatic carbocycles. The van der Waals surface area contributed by atoms with Crippen molar-refractivity contribution in [1.82, 2.24) is 29.5 Å². The van der Waals surface area contributed by atoms with Crippen LogP contribution in [0.5, 0.6) is 0 Å². The lowest BCUT2D eigenvalue weighted by atomic mass is 9.93. The van der Waals surface area contributed by atoms with Crippen LogP contribution in [0.4, 0.5) is 10.3 Å². The van der Waals surface area contributed by atoms with Crippen LogP contribution in [0.2, 0.25) is 0 Å². The van der Waals surface area contributed by atoms with Gasteiger partial charge in [-0.15, -0.1) is 0 Å². The molecule has 10 heteroatoms. The van der Waals surface area contributed by atoms with Crippen LogP contribution >= 0.6 is 0 Å². The molecule has 34 heavy (non-hydrogen) atoms. The van der Waals surface area contributed by atoms with Crippen molar-refractivity contribution in [3.05, 3.63) is 30.6 Å². The minimum Gasteiger partial charge on any atom is -0.396 e. The third kappa shape index (κ3) is 3.70. The number of aromatic amines is 1. The molecule has 3 N–H and O–H groups in total. The topological polar surface area (TPSA) is 116 Å². The summed E-state index contributed by atoms with van der Waals surface area (Å²) in [6.07, 6.45) is 7.85. The van der Waals surface area contributed by atoms with Gasteiger partial charge in [0.15, 0.2) is 5.65 Å². The largest absolute Gasteiger partial charge is 0.396 e. The Labute approximate surface area is 195 Å². The van der Waals surface area contributed by atoms with E-state index in [0.29, 0.717) is 45.3 Å². The van der Waals surface area contributed by atoms with Gasteiger partial charge in [0.2, 0.25) is 5.95 Å². The summed E-state index contributed by atoms with van der Waals surface area (Å²) >= 11 is 0. The summed E-state index contributed by atoms with van der Waals surface area (Å²) in [4.78, 5) is 23.5. The normalized spacial score (nSPS) is 22.1. The maximum absolute atomic E-state index is 15.5. The Morgan fingerprint density at radius 3 is 2.59 bits per heavy atom. The number of piperidine rings is 1. The van der Waals surface area contributed by atoms with E-state index in [0.717, 1.165) is 51.6 Å². The van der Waals surface area contributed by atoms with Crippen LogP contribution in [0.1, 0.15) is 44.6 Å². The molecule has 2 aliphatic rings. The molecule has 1 aliphatic heterocycles. The smallest absolute Gasteiger partial charge is 0.228 e. The van der Waals surface area contributed by atoms with Gasteiger partial charge in [-0.1, -0.05) is 0 Å². The third-order valence-corrected chi connectivity index (χ3v) is 7.39. The van der Waals surface area contributed by atoms with Crippen molar-refractivity contribution in [3.8, 4) is 11.3 Å². The highest BCUT2D eigenvalue weighted by Crippen LogP contribution is 2.35. The first-order chi connectivity index (χ1) is 16.6. The fraction of sp³-hybridized carbons (Fsp3) is 0.500. The van der Waals surface area contributed by atoms with Gasteiger partial charge >= 0.3 is 0 Å². The Kier molecular flexibility index (Phi) is 5.41. The van der Waals surface area contributed by atoms with E-state index in [4.69, 9.17) is 4.98 Å². The van der Waals surface area contributed by atoms with Crippen molar-refractivity contribution < 1.29 is 14.6 Å². The zero-order valence-corrected chi connectivity index (χ0v) is 18.9. The molecule has 2 fully saturated rings. The average molecular weight is 466 g/mol. The second-order valence-corrected chi connectivity index (χ2v) is 9.53. The number of anilines is 1. The molecule has 0 radical (unpaired) electrons. The molecule has 178 valence electrons. The van der Waals surface area contributed by atoms with Crippen LogP contribution in [0, 0.1) is 11.7 Å². The summed E-state index contributed by atoms with van der Waals surface area (Å²) in [5.41, 5.74) is 3.49. The second kappa shape index (κ2) is 8.59. The number of hydrogen-bond acceptors (Lipinski definition) is 7. The Morgan fingerprint density at radius 1 is 1.03 bits per heavy atom. The van der Waals surface area contributed by atoms with Crippen molar-refractivity contribution in [2.24, 2.45) is 5.92 Å². The first-order valence-corrected chi connectivity index (χ1v) is 12.0. The lowest BCUT2D eigenvalue weighted by molar-refractivity contribution is 0.111. The lowest BCUT2D eigenvalue weighted by Gasteiger charge is -2.31. The molecule has 4 aromatic rings. The molecule has 3 aromatic heterocycles. The Bertz CT molecular complexity index is 1320. The molecule has 4 heterocycles. The predicted molar refractivity (Wildman–Crippen MR) is 126 cm³/mol. The van der Waals surface area contributed by atoms with Gasteiger partial charge in [-0.2, -0.15) is 4.98 Å². The summed E-state index contributed by atoms with van der Waals surface area (Å²) in [5, 5.41) is 19.3. The zero-order chi connectivity index (χ0) is 23.2. The molecule has 0 amide bonds. The van der Waals surface area contributed by atoms with Crippen LogP contribution in [0.25, 0.3) is 33.5 Å². The number of aliphatic hydroxyl groups excluding tert-OH is 2. The van der Waals surface area contributed by atoms with E-state index in [-0.39, 0.29) is 24.6 Å². The molecule has 6 rings (SSSR count). The number of benzene rings is 1. The van der Waals surface area contributed by atoms with Gasteiger partial charge in [0.25, 0.3) is 0 Å². The standard InChI is InChI=1S/C24H28FN7O2/c25-18-9-15(10-19-22(18)32(13-28-19)16-1-3-17(34)4-2-16)20-21-23(27-12-26-21)30-24(29-20)31-7-5-14(11-33)6-8-31/h9-10,12-14,16-17,33-34H,1-8,11H2,(H,26,27,29,30). The van der Waals surface area contributed by atoms with Crippen LogP contribution in [-0.2, 0) is 0 Å². The van der Waals surface area contributed by atoms with Gasteiger partial charge in [-0.05, 0) is 56.6 Å². The van der Waals surface area contributed by atoms with Crippen molar-refractivity contribution >= 4 is 28.1 Å². The molecule has 9 nitrogen and oxygen atoms in total. The van der Waals surface area contributed by atoms with Gasteiger partial charge in [-0.25, -0.2) is 19.3 Å². The van der Waals surface area contributed by atoms with E-state index in [1.54, 1.807) is 12.7 Å². The van der Waals surface area contributed by atoms with Gasteiger partial charge in [0.05, 0.1) is 24.3 Å². The van der Waals surface area contributed by atoms with E-state index in [9.17, 15) is 10.2 Å². The highest BCUT2D eigenvalue weighted by atomic mass is 19.1. The number of rotatable bonds is 4. The first-order valence-electron chi connectivity index (χ1n) is 12.0. The Morgan fingerprint density at radius 2 is 1.82 bits per heavy atom. The van der Waals surface area contributed by atoms with Crippen molar-refractivity contribution in [1.29, 1.82) is 0 Å². The zero-order valence-electron chi connectivity index (χ0n) is 18.9. The summed E-state index contributed by atoms with van der Waals surface area (Å²) in [5.74, 6) is 0.536. The summed E-state index contributed by atoms with van der Waals surface area (Å²) in [7, 11) is 0. The van der Waals surface area contributed by atoms with Crippen molar-refractivity contribution in [3.63, 3.8) is 0 Å². The lowest BCUT2D eigenvalue weighted by Crippen LogP contribution is -2.35. The second-order valence-electron chi connectivity index (χ2n) is 9.53. The molecule has 0 atom stereocenters. The van der Waals surface area contributed by atoms with Crippen LogP contribution in [0.3, 0.4) is 0 Å². The monoisotopic (exact) mass is 465 g/mol. The number of fused-ring (bicyclic) bond motifs is 2. The van der Waals surface area contributed by atoms with Gasteiger partial charge in [-0.3, -0.25) is 0 Å². The average Bonchev–Trinajstić information content (AvgIpc) is 3.51. The number of nitrogens with one attached hydrogen (secondary N) is 1. The van der Waals surface area contributed by atoms with E-state index in [2.05, 4.69) is 24.8 Å². The van der Waals surface area contributed by atoms with Gasteiger partial charge in [0, 0.05) is 31.3 Å². The van der Waals surface area contributed by atoms with Gasteiger partial charge in [0.1, 0.15) is 22.5 Å². The van der Waals surface area contributed by atoms with Crippen LogP contribution in [-0.4, -0.2) is 65.5 Å². The number of aliphatic hydroxyl groups is 2. The molecule has 1 aromatic carbocycles. The minimum atomic E-state index is -0.340. The number of hydrogen-bond donors (Lipinski definition) is 3. The van der Waals surface area contributed by atoms with E-state index in [1.807, 2.05) is 10.6 Å². The number of imidazole rings is 2. The van der Waals surface area contributed by atoms with E-state index in [1.165, 1.54) is 6.07 Å². The number of nitrogens with zero attached hydrogens (tertiary/aromatic N) is 6. The summed E-state index contributed by atoms with van der Waals surface area (Å²) < 4.78 is 17.4. The van der Waals surface area contributed by atoms with Gasteiger partial charge < -0.3 is 24.7 Å². The fourth-order valence-electron chi connectivity index (χ4n) is 5.36.